The summed E-state index contributed by atoms with van der Waals surface area (Å²) in [5.41, 5.74) is 3.66. The smallest absolute Gasteiger partial charge is 0.227 e. The van der Waals surface area contributed by atoms with Gasteiger partial charge in [0.15, 0.2) is 10.7 Å². The van der Waals surface area contributed by atoms with E-state index in [-0.39, 0.29) is 5.82 Å². The molecule has 0 saturated heterocycles. The molecular weight excluding hydrogens is 349 g/mol. The standard InChI is InChI=1S/C20H12FN3OS/c21-14-7-4-10-17-18(14)24-20(26-17)22-13-6-3-5-12(11-13)19-23-15-8-1-2-9-16(15)25-19/h1-11H,(H,22,24). The van der Waals surface area contributed by atoms with Gasteiger partial charge in [-0.3, -0.25) is 0 Å². The van der Waals surface area contributed by atoms with E-state index in [4.69, 9.17) is 4.42 Å². The van der Waals surface area contributed by atoms with Crippen LogP contribution in [0.4, 0.5) is 15.2 Å². The van der Waals surface area contributed by atoms with E-state index >= 15 is 0 Å². The van der Waals surface area contributed by atoms with Gasteiger partial charge >= 0.3 is 0 Å². The van der Waals surface area contributed by atoms with E-state index in [1.807, 2.05) is 54.6 Å². The number of benzene rings is 3. The fourth-order valence-electron chi connectivity index (χ4n) is 2.82. The maximum absolute atomic E-state index is 13.8. The lowest BCUT2D eigenvalue weighted by molar-refractivity contribution is 0.620. The van der Waals surface area contributed by atoms with Gasteiger partial charge in [-0.15, -0.1) is 0 Å². The molecule has 0 aliphatic rings. The maximum Gasteiger partial charge on any atom is 0.227 e. The first-order valence-corrected chi connectivity index (χ1v) is 8.86. The van der Waals surface area contributed by atoms with Crippen molar-refractivity contribution in [3.05, 3.63) is 72.5 Å². The molecule has 26 heavy (non-hydrogen) atoms. The molecule has 0 aliphatic heterocycles. The van der Waals surface area contributed by atoms with E-state index in [2.05, 4.69) is 15.3 Å². The van der Waals surface area contributed by atoms with Crippen LogP contribution in [0.5, 0.6) is 0 Å². The summed E-state index contributed by atoms with van der Waals surface area (Å²) in [6.07, 6.45) is 0. The van der Waals surface area contributed by atoms with E-state index in [1.54, 1.807) is 6.07 Å². The Morgan fingerprint density at radius 3 is 2.69 bits per heavy atom. The molecule has 2 heterocycles. The summed E-state index contributed by atoms with van der Waals surface area (Å²) in [7, 11) is 0. The molecule has 4 nitrogen and oxygen atoms in total. The fraction of sp³-hybridized carbons (Fsp3) is 0. The van der Waals surface area contributed by atoms with Crippen LogP contribution in [-0.2, 0) is 0 Å². The van der Waals surface area contributed by atoms with E-state index in [9.17, 15) is 4.39 Å². The zero-order valence-electron chi connectivity index (χ0n) is 13.4. The molecule has 1 N–H and O–H groups in total. The number of halogens is 1. The highest BCUT2D eigenvalue weighted by molar-refractivity contribution is 7.22. The van der Waals surface area contributed by atoms with Gasteiger partial charge in [0, 0.05) is 11.3 Å². The van der Waals surface area contributed by atoms with Gasteiger partial charge in [-0.1, -0.05) is 35.6 Å². The van der Waals surface area contributed by atoms with Crippen LogP contribution < -0.4 is 5.32 Å². The van der Waals surface area contributed by atoms with E-state index in [0.717, 1.165) is 27.1 Å². The second kappa shape index (κ2) is 5.93. The van der Waals surface area contributed by atoms with Gasteiger partial charge in [0.2, 0.25) is 5.89 Å². The number of oxazole rings is 1. The van der Waals surface area contributed by atoms with Crippen molar-refractivity contribution in [3.63, 3.8) is 0 Å². The van der Waals surface area contributed by atoms with Crippen LogP contribution in [-0.4, -0.2) is 9.97 Å². The molecule has 6 heteroatoms. The van der Waals surface area contributed by atoms with Crippen LogP contribution in [0.3, 0.4) is 0 Å². The zero-order valence-corrected chi connectivity index (χ0v) is 14.3. The molecule has 3 aromatic carbocycles. The Balaban J connectivity index is 1.50. The Bertz CT molecular complexity index is 1210. The lowest BCUT2D eigenvalue weighted by atomic mass is 10.2. The Morgan fingerprint density at radius 1 is 0.923 bits per heavy atom. The molecular formula is C20H12FN3OS. The SMILES string of the molecule is Fc1cccc2sc(Nc3cccc(-c4nc5ccccc5o4)c3)nc12. The summed E-state index contributed by atoms with van der Waals surface area (Å²) in [6, 6.07) is 20.3. The topological polar surface area (TPSA) is 51.0 Å². The number of nitrogens with one attached hydrogen (secondary N) is 1. The molecule has 5 rings (SSSR count). The van der Waals surface area contributed by atoms with E-state index < -0.39 is 0 Å². The molecule has 0 bridgehead atoms. The molecule has 126 valence electrons. The van der Waals surface area contributed by atoms with Crippen molar-refractivity contribution < 1.29 is 8.81 Å². The number of hydrogen-bond donors (Lipinski definition) is 1. The first-order chi connectivity index (χ1) is 12.8. The van der Waals surface area contributed by atoms with Crippen LogP contribution >= 0.6 is 11.3 Å². The second-order valence-electron chi connectivity index (χ2n) is 5.80. The first kappa shape index (κ1) is 15.0. The van der Waals surface area contributed by atoms with Gasteiger partial charge in [-0.2, -0.15) is 0 Å². The summed E-state index contributed by atoms with van der Waals surface area (Å²) in [4.78, 5) is 8.86. The largest absolute Gasteiger partial charge is 0.436 e. The molecule has 0 fully saturated rings. The number of nitrogens with zero attached hydrogens (tertiary/aromatic N) is 2. The molecule has 0 saturated carbocycles. The van der Waals surface area contributed by atoms with Crippen LogP contribution in [0.1, 0.15) is 0 Å². The zero-order chi connectivity index (χ0) is 17.5. The average Bonchev–Trinajstić information content (AvgIpc) is 3.26. The van der Waals surface area contributed by atoms with Crippen molar-refractivity contribution in [2.75, 3.05) is 5.32 Å². The van der Waals surface area contributed by atoms with Crippen molar-refractivity contribution in [1.82, 2.24) is 9.97 Å². The average molecular weight is 361 g/mol. The van der Waals surface area contributed by atoms with Gasteiger partial charge in [0.05, 0.1) is 4.70 Å². The molecule has 0 atom stereocenters. The van der Waals surface area contributed by atoms with E-state index in [0.29, 0.717) is 16.5 Å². The Morgan fingerprint density at radius 2 is 1.81 bits per heavy atom. The number of rotatable bonds is 3. The minimum absolute atomic E-state index is 0.313. The lowest BCUT2D eigenvalue weighted by Crippen LogP contribution is -1.90. The predicted octanol–water partition coefficient (Wildman–Crippen LogP) is 5.99. The maximum atomic E-state index is 13.8. The normalized spacial score (nSPS) is 11.3. The first-order valence-electron chi connectivity index (χ1n) is 8.04. The predicted molar refractivity (Wildman–Crippen MR) is 102 cm³/mol. The number of anilines is 2. The number of aromatic nitrogens is 2. The van der Waals surface area contributed by atoms with Crippen molar-refractivity contribution in [3.8, 4) is 11.5 Å². The fourth-order valence-corrected chi connectivity index (χ4v) is 3.72. The van der Waals surface area contributed by atoms with Crippen LogP contribution in [0.2, 0.25) is 0 Å². The van der Waals surface area contributed by atoms with Crippen LogP contribution in [0.15, 0.2) is 71.1 Å². The number of para-hydroxylation sites is 3. The summed E-state index contributed by atoms with van der Waals surface area (Å²) in [5.74, 6) is 0.247. The van der Waals surface area contributed by atoms with Crippen molar-refractivity contribution in [2.24, 2.45) is 0 Å². The second-order valence-corrected chi connectivity index (χ2v) is 6.83. The molecule has 0 radical (unpaired) electrons. The lowest BCUT2D eigenvalue weighted by Gasteiger charge is -2.03. The van der Waals surface area contributed by atoms with Crippen LogP contribution in [0.25, 0.3) is 32.8 Å². The van der Waals surface area contributed by atoms with Crippen molar-refractivity contribution in [1.29, 1.82) is 0 Å². The summed E-state index contributed by atoms with van der Waals surface area (Å²) in [5, 5.41) is 3.87. The summed E-state index contributed by atoms with van der Waals surface area (Å²) in [6.45, 7) is 0. The molecule has 2 aromatic heterocycles. The van der Waals surface area contributed by atoms with Gasteiger partial charge in [-0.25, -0.2) is 14.4 Å². The quantitative estimate of drug-likeness (QED) is 0.429. The molecule has 0 spiro atoms. The van der Waals surface area contributed by atoms with Crippen molar-refractivity contribution in [2.45, 2.75) is 0 Å². The third-order valence-electron chi connectivity index (χ3n) is 4.02. The van der Waals surface area contributed by atoms with Gasteiger partial charge < -0.3 is 9.73 Å². The molecule has 0 unspecified atom stereocenters. The van der Waals surface area contributed by atoms with Crippen molar-refractivity contribution >= 4 is 43.5 Å². The van der Waals surface area contributed by atoms with Gasteiger partial charge in [0.25, 0.3) is 0 Å². The number of fused-ring (bicyclic) bond motifs is 2. The third kappa shape index (κ3) is 2.60. The molecule has 0 amide bonds. The van der Waals surface area contributed by atoms with Gasteiger partial charge in [0.1, 0.15) is 16.9 Å². The Labute approximate surface area is 151 Å². The monoisotopic (exact) mass is 361 g/mol. The van der Waals surface area contributed by atoms with E-state index in [1.165, 1.54) is 17.4 Å². The molecule has 5 aromatic rings. The van der Waals surface area contributed by atoms with Crippen LogP contribution in [0, 0.1) is 5.82 Å². The third-order valence-corrected chi connectivity index (χ3v) is 4.96. The number of thiazole rings is 1. The Kier molecular flexibility index (Phi) is 3.43. The highest BCUT2D eigenvalue weighted by Gasteiger charge is 2.10. The highest BCUT2D eigenvalue weighted by atomic mass is 32.1. The van der Waals surface area contributed by atoms with Gasteiger partial charge in [-0.05, 0) is 42.5 Å². The Hall–Kier alpha value is -3.25. The number of hydrogen-bond acceptors (Lipinski definition) is 5. The highest BCUT2D eigenvalue weighted by Crippen LogP contribution is 2.31. The molecule has 0 aliphatic carbocycles. The summed E-state index contributed by atoms with van der Waals surface area (Å²) >= 11 is 1.41. The minimum Gasteiger partial charge on any atom is -0.436 e. The minimum atomic E-state index is -0.313. The summed E-state index contributed by atoms with van der Waals surface area (Å²) < 4.78 is 20.5.